The molecule has 1 atom stereocenters. The number of hydrogen-bond donors (Lipinski definition) is 0. The van der Waals surface area contributed by atoms with Gasteiger partial charge in [-0.15, -0.1) is 6.58 Å². The molecule has 0 amide bonds. The fourth-order valence-electron chi connectivity index (χ4n) is 5.40. The van der Waals surface area contributed by atoms with Crippen molar-refractivity contribution >= 4 is 45.1 Å². The maximum Gasteiger partial charge on any atom is 0.338 e. The Balaban J connectivity index is 1.62. The van der Waals surface area contributed by atoms with Crippen LogP contribution in [0.1, 0.15) is 31.0 Å². The second kappa shape index (κ2) is 10.0. The van der Waals surface area contributed by atoms with Crippen LogP contribution in [0.3, 0.4) is 0 Å². The molecular formula is C32H27N3O3S. The zero-order valence-electron chi connectivity index (χ0n) is 21.8. The number of fused-ring (bicyclic) bond motifs is 3. The Morgan fingerprint density at radius 3 is 2.62 bits per heavy atom. The standard InChI is InChI=1S/C32H27N3O3S/c1-4-17-34-19-22(24-14-8-9-16-26(24)34)18-27-30(36)35-29(25-15-10-12-21-11-6-7-13-23(21)25)28(31(37)38-5-2)20(3)33-32(35)39-27/h4,6-16,18-19,29H,1,5,17H2,2-3H3/b27-18-. The first kappa shape index (κ1) is 24.8. The molecule has 6 nitrogen and oxygen atoms in total. The van der Waals surface area contributed by atoms with Gasteiger partial charge in [0.25, 0.3) is 5.56 Å². The van der Waals surface area contributed by atoms with Crippen LogP contribution in [0, 0.1) is 0 Å². The van der Waals surface area contributed by atoms with Crippen molar-refractivity contribution in [2.75, 3.05) is 6.61 Å². The Labute approximate surface area is 229 Å². The third-order valence-corrected chi connectivity index (χ3v) is 8.05. The topological polar surface area (TPSA) is 65.6 Å². The number of nitrogens with zero attached hydrogens (tertiary/aromatic N) is 3. The van der Waals surface area contributed by atoms with E-state index in [1.165, 1.54) is 11.3 Å². The lowest BCUT2D eigenvalue weighted by Crippen LogP contribution is -2.40. The van der Waals surface area contributed by atoms with Crippen molar-refractivity contribution in [1.82, 2.24) is 9.13 Å². The molecule has 0 saturated carbocycles. The molecule has 0 spiro atoms. The van der Waals surface area contributed by atoms with Gasteiger partial charge in [-0.2, -0.15) is 0 Å². The molecule has 2 aromatic heterocycles. The van der Waals surface area contributed by atoms with E-state index in [2.05, 4.69) is 23.3 Å². The summed E-state index contributed by atoms with van der Waals surface area (Å²) in [4.78, 5) is 32.7. The van der Waals surface area contributed by atoms with Crippen LogP contribution >= 0.6 is 11.3 Å². The summed E-state index contributed by atoms with van der Waals surface area (Å²) < 4.78 is 9.78. The minimum atomic E-state index is -0.657. The van der Waals surface area contributed by atoms with Gasteiger partial charge in [0.05, 0.1) is 28.5 Å². The predicted octanol–water partition coefficient (Wildman–Crippen LogP) is 5.09. The van der Waals surface area contributed by atoms with Gasteiger partial charge in [0.15, 0.2) is 4.80 Å². The van der Waals surface area contributed by atoms with Crippen LogP contribution in [0.4, 0.5) is 0 Å². The highest BCUT2D eigenvalue weighted by Gasteiger charge is 2.34. The summed E-state index contributed by atoms with van der Waals surface area (Å²) in [5.41, 5.74) is 3.63. The van der Waals surface area contributed by atoms with E-state index >= 15 is 0 Å². The Kier molecular flexibility index (Phi) is 6.37. The molecule has 0 aliphatic carbocycles. The molecule has 194 valence electrons. The van der Waals surface area contributed by atoms with Crippen molar-refractivity contribution in [2.24, 2.45) is 4.99 Å². The molecule has 0 fully saturated rings. The lowest BCUT2D eigenvalue weighted by atomic mass is 9.91. The van der Waals surface area contributed by atoms with Crippen molar-refractivity contribution in [1.29, 1.82) is 0 Å². The average molecular weight is 534 g/mol. The van der Waals surface area contributed by atoms with Gasteiger partial charge in [0, 0.05) is 29.2 Å². The summed E-state index contributed by atoms with van der Waals surface area (Å²) in [6.07, 6.45) is 5.82. The zero-order valence-corrected chi connectivity index (χ0v) is 22.6. The molecule has 1 aliphatic rings. The number of rotatable bonds is 6. The molecule has 5 aromatic rings. The third-order valence-electron chi connectivity index (χ3n) is 7.07. The van der Waals surface area contributed by atoms with Crippen LogP contribution < -0.4 is 14.9 Å². The van der Waals surface area contributed by atoms with Crippen LogP contribution in [0.25, 0.3) is 27.8 Å². The fraction of sp³-hybridized carbons (Fsp3) is 0.156. The van der Waals surface area contributed by atoms with E-state index in [1.807, 2.05) is 79.9 Å². The van der Waals surface area contributed by atoms with Gasteiger partial charge in [0.2, 0.25) is 0 Å². The van der Waals surface area contributed by atoms with Gasteiger partial charge in [0.1, 0.15) is 0 Å². The highest BCUT2D eigenvalue weighted by Crippen LogP contribution is 2.34. The number of carbonyl (C=O) groups is 1. The molecule has 6 rings (SSSR count). The highest BCUT2D eigenvalue weighted by atomic mass is 32.1. The lowest BCUT2D eigenvalue weighted by molar-refractivity contribution is -0.139. The summed E-state index contributed by atoms with van der Waals surface area (Å²) in [6, 6.07) is 21.4. The first-order chi connectivity index (χ1) is 19.0. The van der Waals surface area contributed by atoms with Crippen LogP contribution in [0.2, 0.25) is 0 Å². The van der Waals surface area contributed by atoms with E-state index in [4.69, 9.17) is 9.73 Å². The molecule has 3 aromatic carbocycles. The predicted molar refractivity (Wildman–Crippen MR) is 156 cm³/mol. The molecule has 1 unspecified atom stereocenters. The van der Waals surface area contributed by atoms with Gasteiger partial charge in [-0.25, -0.2) is 9.79 Å². The number of benzene rings is 3. The van der Waals surface area contributed by atoms with Gasteiger partial charge < -0.3 is 9.30 Å². The second-order valence-corrected chi connectivity index (χ2v) is 10.4. The van der Waals surface area contributed by atoms with Crippen molar-refractivity contribution in [3.63, 3.8) is 0 Å². The molecule has 0 radical (unpaired) electrons. The first-order valence-corrected chi connectivity index (χ1v) is 13.7. The SMILES string of the molecule is C=CCn1cc(/C=c2\sc3n(c2=O)C(c2cccc4ccccc24)C(C(=O)OCC)=C(C)N=3)c2ccccc21. The average Bonchev–Trinajstić information content (AvgIpc) is 3.44. The first-order valence-electron chi connectivity index (χ1n) is 12.9. The van der Waals surface area contributed by atoms with Gasteiger partial charge >= 0.3 is 5.97 Å². The number of thiazole rings is 1. The Bertz CT molecular complexity index is 1990. The largest absolute Gasteiger partial charge is 0.463 e. The monoisotopic (exact) mass is 533 g/mol. The van der Waals surface area contributed by atoms with Crippen molar-refractivity contribution in [3.05, 3.63) is 128 Å². The summed E-state index contributed by atoms with van der Waals surface area (Å²) in [5, 5.41) is 3.06. The molecule has 0 saturated heterocycles. The van der Waals surface area contributed by atoms with Crippen LogP contribution in [-0.2, 0) is 16.1 Å². The fourth-order valence-corrected chi connectivity index (χ4v) is 6.43. The maximum absolute atomic E-state index is 14.1. The normalized spacial score (nSPS) is 15.4. The quantitative estimate of drug-likeness (QED) is 0.226. The van der Waals surface area contributed by atoms with Crippen molar-refractivity contribution in [3.8, 4) is 0 Å². The number of ether oxygens (including phenoxy) is 1. The van der Waals surface area contributed by atoms with E-state index in [1.54, 1.807) is 11.5 Å². The summed E-state index contributed by atoms with van der Waals surface area (Å²) in [6.45, 7) is 8.36. The number of allylic oxidation sites excluding steroid dienone is 2. The minimum Gasteiger partial charge on any atom is -0.463 e. The van der Waals surface area contributed by atoms with Gasteiger partial charge in [-0.05, 0) is 42.3 Å². The van der Waals surface area contributed by atoms with E-state index in [0.717, 1.165) is 32.8 Å². The molecule has 1 aliphatic heterocycles. The Morgan fingerprint density at radius 1 is 1.08 bits per heavy atom. The highest BCUT2D eigenvalue weighted by molar-refractivity contribution is 7.07. The summed E-state index contributed by atoms with van der Waals surface area (Å²) in [7, 11) is 0. The minimum absolute atomic E-state index is 0.188. The molecule has 7 heteroatoms. The van der Waals surface area contributed by atoms with Gasteiger partial charge in [-0.1, -0.05) is 78.1 Å². The second-order valence-electron chi connectivity index (χ2n) is 9.41. The molecule has 39 heavy (non-hydrogen) atoms. The number of carbonyl (C=O) groups excluding carboxylic acids is 1. The third kappa shape index (κ3) is 4.15. The summed E-state index contributed by atoms with van der Waals surface area (Å²) in [5.74, 6) is -0.460. The number of hydrogen-bond acceptors (Lipinski definition) is 5. The van der Waals surface area contributed by atoms with E-state index < -0.39 is 12.0 Å². The molecule has 0 N–H and O–H groups in total. The summed E-state index contributed by atoms with van der Waals surface area (Å²) >= 11 is 1.34. The Hall–Kier alpha value is -4.49. The van der Waals surface area contributed by atoms with Gasteiger partial charge in [-0.3, -0.25) is 9.36 Å². The molecule has 0 bridgehead atoms. The number of esters is 1. The Morgan fingerprint density at radius 2 is 1.82 bits per heavy atom. The van der Waals surface area contributed by atoms with Crippen LogP contribution in [-0.4, -0.2) is 21.7 Å². The number of aromatic nitrogens is 2. The smallest absolute Gasteiger partial charge is 0.338 e. The van der Waals surface area contributed by atoms with Crippen LogP contribution in [0.5, 0.6) is 0 Å². The van der Waals surface area contributed by atoms with Crippen LogP contribution in [0.15, 0.2) is 107 Å². The van der Waals surface area contributed by atoms with Crippen molar-refractivity contribution in [2.45, 2.75) is 26.4 Å². The van der Waals surface area contributed by atoms with E-state index in [0.29, 0.717) is 27.1 Å². The van der Waals surface area contributed by atoms with E-state index in [-0.39, 0.29) is 12.2 Å². The number of para-hydroxylation sites is 1. The molecular weight excluding hydrogens is 506 g/mol. The lowest BCUT2D eigenvalue weighted by Gasteiger charge is -2.25. The maximum atomic E-state index is 14.1. The molecule has 3 heterocycles. The van der Waals surface area contributed by atoms with Crippen molar-refractivity contribution < 1.29 is 9.53 Å². The van der Waals surface area contributed by atoms with E-state index in [9.17, 15) is 9.59 Å². The zero-order chi connectivity index (χ0) is 27.1.